The Hall–Kier alpha value is -2.80. The number of anilines is 1. The molecule has 2 aliphatic rings. The van der Waals surface area contributed by atoms with Crippen molar-refractivity contribution >= 4 is 34.4 Å². The summed E-state index contributed by atoms with van der Waals surface area (Å²) in [4.78, 5) is 29.3. The summed E-state index contributed by atoms with van der Waals surface area (Å²) in [5.41, 5.74) is 1.81. The highest BCUT2D eigenvalue weighted by Gasteiger charge is 2.38. The number of piperidine rings is 1. The van der Waals surface area contributed by atoms with Gasteiger partial charge in [-0.15, -0.1) is 0 Å². The standard InChI is InChI=1S/C22H24ClN5O2/c1-13-6-8-28(22(29)19-10-14-9-15(23)3-4-18(14)30-19)11-17(13)27(2)21-16-5-7-24-20(16)25-12-26-21/h3-5,7,9,12-13,17,19H,6,8,10-11H2,1-2H3,(H,24,25,26)/t13-,17+,19?/m1/s1. The second-order valence-electron chi connectivity index (χ2n) is 8.23. The van der Waals surface area contributed by atoms with Gasteiger partial charge in [0.25, 0.3) is 5.91 Å². The highest BCUT2D eigenvalue weighted by molar-refractivity contribution is 6.30. The molecule has 7 nitrogen and oxygen atoms in total. The van der Waals surface area contributed by atoms with Gasteiger partial charge < -0.3 is 19.5 Å². The van der Waals surface area contributed by atoms with E-state index in [9.17, 15) is 4.79 Å². The predicted octanol–water partition coefficient (Wildman–Crippen LogP) is 3.29. The molecule has 4 heterocycles. The summed E-state index contributed by atoms with van der Waals surface area (Å²) in [7, 11) is 2.05. The van der Waals surface area contributed by atoms with Gasteiger partial charge >= 0.3 is 0 Å². The molecule has 0 aliphatic carbocycles. The van der Waals surface area contributed by atoms with Crippen LogP contribution in [0, 0.1) is 5.92 Å². The Bertz CT molecular complexity index is 1100. The number of H-pyrrole nitrogens is 1. The van der Waals surface area contributed by atoms with Gasteiger partial charge in [-0.1, -0.05) is 18.5 Å². The van der Waals surface area contributed by atoms with E-state index in [4.69, 9.17) is 16.3 Å². The SMILES string of the molecule is C[C@@H]1CCN(C(=O)C2Cc3cc(Cl)ccc3O2)C[C@@H]1N(C)c1ncnc2[nH]ccc12. The number of nitrogens with one attached hydrogen (secondary N) is 1. The van der Waals surface area contributed by atoms with Crippen molar-refractivity contribution < 1.29 is 9.53 Å². The van der Waals surface area contributed by atoms with Gasteiger partial charge in [-0.2, -0.15) is 0 Å². The summed E-state index contributed by atoms with van der Waals surface area (Å²) < 4.78 is 5.94. The molecule has 1 aromatic carbocycles. The van der Waals surface area contributed by atoms with Crippen LogP contribution in [0.2, 0.25) is 5.02 Å². The summed E-state index contributed by atoms with van der Waals surface area (Å²) >= 11 is 6.09. The van der Waals surface area contributed by atoms with E-state index in [0.29, 0.717) is 23.9 Å². The van der Waals surface area contributed by atoms with Gasteiger partial charge in [0.2, 0.25) is 0 Å². The molecule has 3 atom stereocenters. The highest BCUT2D eigenvalue weighted by atomic mass is 35.5. The quantitative estimate of drug-likeness (QED) is 0.697. The minimum Gasteiger partial charge on any atom is -0.480 e. The van der Waals surface area contributed by atoms with Crippen LogP contribution in [0.3, 0.4) is 0 Å². The van der Waals surface area contributed by atoms with E-state index in [1.807, 2.05) is 36.3 Å². The van der Waals surface area contributed by atoms with Gasteiger partial charge in [0.05, 0.1) is 11.4 Å². The van der Waals surface area contributed by atoms with Crippen LogP contribution >= 0.6 is 11.6 Å². The number of ether oxygens (including phenoxy) is 1. The molecule has 1 saturated heterocycles. The third-order valence-electron chi connectivity index (χ3n) is 6.37. The molecule has 156 valence electrons. The first-order valence-electron chi connectivity index (χ1n) is 10.3. The van der Waals surface area contributed by atoms with Crippen LogP contribution in [0.5, 0.6) is 5.75 Å². The van der Waals surface area contributed by atoms with Crippen molar-refractivity contribution in [3.8, 4) is 5.75 Å². The predicted molar refractivity (Wildman–Crippen MR) is 116 cm³/mol. The first-order chi connectivity index (χ1) is 14.5. The Kier molecular flexibility index (Phi) is 4.77. The molecule has 5 rings (SSSR count). The van der Waals surface area contributed by atoms with Crippen molar-refractivity contribution in [1.82, 2.24) is 19.9 Å². The number of carbonyl (C=O) groups excluding carboxylic acids is 1. The molecule has 1 unspecified atom stereocenters. The zero-order valence-electron chi connectivity index (χ0n) is 17.0. The van der Waals surface area contributed by atoms with Gasteiger partial charge in [0.15, 0.2) is 6.10 Å². The lowest BCUT2D eigenvalue weighted by molar-refractivity contribution is -0.139. The van der Waals surface area contributed by atoms with Crippen LogP contribution in [0.15, 0.2) is 36.8 Å². The van der Waals surface area contributed by atoms with E-state index >= 15 is 0 Å². The molecule has 3 aromatic rings. The van der Waals surface area contributed by atoms with Gasteiger partial charge in [0, 0.05) is 37.8 Å². The van der Waals surface area contributed by atoms with Crippen LogP contribution in [-0.4, -0.2) is 58.0 Å². The van der Waals surface area contributed by atoms with Crippen molar-refractivity contribution in [3.63, 3.8) is 0 Å². The molecule has 0 radical (unpaired) electrons. The number of benzene rings is 1. The normalized spacial score (nSPS) is 23.3. The number of aromatic nitrogens is 3. The number of aromatic amines is 1. The topological polar surface area (TPSA) is 74.3 Å². The van der Waals surface area contributed by atoms with E-state index in [-0.39, 0.29) is 11.9 Å². The minimum absolute atomic E-state index is 0.0436. The molecule has 2 aromatic heterocycles. The third kappa shape index (κ3) is 3.27. The smallest absolute Gasteiger partial charge is 0.264 e. The maximum atomic E-state index is 13.3. The number of likely N-dealkylation sites (N-methyl/N-ethyl adjacent to an activating group) is 1. The molecular weight excluding hydrogens is 402 g/mol. The third-order valence-corrected chi connectivity index (χ3v) is 6.60. The van der Waals surface area contributed by atoms with Crippen molar-refractivity contribution in [2.24, 2.45) is 5.92 Å². The summed E-state index contributed by atoms with van der Waals surface area (Å²) in [6, 6.07) is 7.68. The molecule has 0 bridgehead atoms. The number of carbonyl (C=O) groups is 1. The molecule has 1 amide bonds. The molecule has 30 heavy (non-hydrogen) atoms. The van der Waals surface area contributed by atoms with Gasteiger partial charge in [0.1, 0.15) is 23.5 Å². The number of hydrogen-bond donors (Lipinski definition) is 1. The fraction of sp³-hybridized carbons (Fsp3) is 0.409. The largest absolute Gasteiger partial charge is 0.480 e. The lowest BCUT2D eigenvalue weighted by atomic mass is 9.91. The Labute approximate surface area is 180 Å². The summed E-state index contributed by atoms with van der Waals surface area (Å²) in [5.74, 6) is 2.12. The lowest BCUT2D eigenvalue weighted by Gasteiger charge is -2.42. The van der Waals surface area contributed by atoms with Crippen molar-refractivity contribution in [3.05, 3.63) is 47.4 Å². The number of halogens is 1. The Balaban J connectivity index is 1.34. The fourth-order valence-corrected chi connectivity index (χ4v) is 4.80. The molecule has 1 N–H and O–H groups in total. The summed E-state index contributed by atoms with van der Waals surface area (Å²) in [6.45, 7) is 3.62. The van der Waals surface area contributed by atoms with Crippen LogP contribution in [0.1, 0.15) is 18.9 Å². The monoisotopic (exact) mass is 425 g/mol. The Morgan fingerprint density at radius 3 is 3.07 bits per heavy atom. The van der Waals surface area contributed by atoms with Crippen LogP contribution < -0.4 is 9.64 Å². The molecule has 2 aliphatic heterocycles. The maximum Gasteiger partial charge on any atom is 0.264 e. The number of nitrogens with zero attached hydrogens (tertiary/aromatic N) is 4. The molecule has 0 saturated carbocycles. The van der Waals surface area contributed by atoms with E-state index in [2.05, 4.69) is 26.8 Å². The van der Waals surface area contributed by atoms with Gasteiger partial charge in [-0.3, -0.25) is 4.79 Å². The van der Waals surface area contributed by atoms with Crippen molar-refractivity contribution in [2.75, 3.05) is 25.0 Å². The van der Waals surface area contributed by atoms with Crippen molar-refractivity contribution in [1.29, 1.82) is 0 Å². The van der Waals surface area contributed by atoms with E-state index in [1.165, 1.54) is 0 Å². The maximum absolute atomic E-state index is 13.3. The summed E-state index contributed by atoms with van der Waals surface area (Å²) in [6.07, 6.45) is 4.48. The van der Waals surface area contributed by atoms with Gasteiger partial charge in [-0.25, -0.2) is 9.97 Å². The van der Waals surface area contributed by atoms with Crippen molar-refractivity contribution in [2.45, 2.75) is 31.9 Å². The number of likely N-dealkylation sites (tertiary alicyclic amines) is 1. The average Bonchev–Trinajstić information content (AvgIpc) is 3.39. The average molecular weight is 426 g/mol. The molecule has 8 heteroatoms. The first-order valence-corrected chi connectivity index (χ1v) is 10.6. The number of rotatable bonds is 3. The van der Waals surface area contributed by atoms with Crippen LogP contribution in [0.4, 0.5) is 5.82 Å². The Morgan fingerprint density at radius 2 is 2.20 bits per heavy atom. The molecule has 1 fully saturated rings. The highest BCUT2D eigenvalue weighted by Crippen LogP contribution is 2.33. The number of hydrogen-bond acceptors (Lipinski definition) is 5. The molecular formula is C22H24ClN5O2. The van der Waals surface area contributed by atoms with Crippen LogP contribution in [0.25, 0.3) is 11.0 Å². The lowest BCUT2D eigenvalue weighted by Crippen LogP contribution is -2.55. The number of amides is 1. The minimum atomic E-state index is -0.478. The molecule has 0 spiro atoms. The second-order valence-corrected chi connectivity index (χ2v) is 8.66. The first kappa shape index (κ1) is 19.2. The van der Waals surface area contributed by atoms with Gasteiger partial charge in [-0.05, 0) is 42.2 Å². The van der Waals surface area contributed by atoms with E-state index < -0.39 is 6.10 Å². The summed E-state index contributed by atoms with van der Waals surface area (Å²) in [5, 5.41) is 1.65. The Morgan fingerprint density at radius 1 is 1.33 bits per heavy atom. The van der Waals surface area contributed by atoms with E-state index in [0.717, 1.165) is 41.1 Å². The fourth-order valence-electron chi connectivity index (χ4n) is 4.61. The zero-order chi connectivity index (χ0) is 20.8. The second kappa shape index (κ2) is 7.47. The zero-order valence-corrected chi connectivity index (χ0v) is 17.8. The van der Waals surface area contributed by atoms with E-state index in [1.54, 1.807) is 12.4 Å². The van der Waals surface area contributed by atoms with Crippen LogP contribution in [-0.2, 0) is 11.2 Å². The number of fused-ring (bicyclic) bond motifs is 2.